The summed E-state index contributed by atoms with van der Waals surface area (Å²) >= 11 is 0. The third-order valence-electron chi connectivity index (χ3n) is 11.0. The molecule has 5 aliphatic rings. The zero-order chi connectivity index (χ0) is 24.7. The van der Waals surface area contributed by atoms with Crippen molar-refractivity contribution in [2.45, 2.75) is 115 Å². The standard InChI is InChI=1S/C26H44O8/c1-23(13-28)9-15(33-22-21(31)20(30)19(29)16(11-27)34-22)10-24(2)17(23)6-7-26-8-14(4-5-18(24)26)25(3,32)12-26/h14-22,27-32H,4-13H2,1-3H3/t14-,15-,16-,17+,18-,19-,20-,21-,22-,23-,24+,25+,26-/m1/s1. The van der Waals surface area contributed by atoms with E-state index in [9.17, 15) is 30.6 Å². The topological polar surface area (TPSA) is 140 Å². The molecule has 0 radical (unpaired) electrons. The summed E-state index contributed by atoms with van der Waals surface area (Å²) in [7, 11) is 0. The lowest BCUT2D eigenvalue weighted by atomic mass is 9.40. The number of rotatable bonds is 4. The number of aliphatic hydroxyl groups excluding tert-OH is 5. The second-order valence-corrected chi connectivity index (χ2v) is 13.2. The van der Waals surface area contributed by atoms with Crippen molar-refractivity contribution >= 4 is 0 Å². The highest BCUT2D eigenvalue weighted by molar-refractivity contribution is 5.17. The first kappa shape index (κ1) is 25.3. The van der Waals surface area contributed by atoms with Gasteiger partial charge in [0.15, 0.2) is 6.29 Å². The Morgan fingerprint density at radius 1 is 0.882 bits per heavy atom. The van der Waals surface area contributed by atoms with Crippen molar-refractivity contribution in [3.63, 3.8) is 0 Å². The van der Waals surface area contributed by atoms with Gasteiger partial charge in [-0.25, -0.2) is 0 Å². The smallest absolute Gasteiger partial charge is 0.186 e. The Labute approximate surface area is 202 Å². The molecule has 6 N–H and O–H groups in total. The lowest BCUT2D eigenvalue weighted by Crippen LogP contribution is -2.62. The van der Waals surface area contributed by atoms with Crippen LogP contribution in [0.25, 0.3) is 0 Å². The van der Waals surface area contributed by atoms with Crippen LogP contribution >= 0.6 is 0 Å². The second kappa shape index (κ2) is 8.35. The molecule has 0 aromatic rings. The Kier molecular flexibility index (Phi) is 6.22. The molecule has 4 aliphatic carbocycles. The van der Waals surface area contributed by atoms with Crippen LogP contribution in [0.5, 0.6) is 0 Å². The third kappa shape index (κ3) is 3.63. The molecule has 13 atom stereocenters. The van der Waals surface area contributed by atoms with Crippen LogP contribution in [0.2, 0.25) is 0 Å². The van der Waals surface area contributed by atoms with Crippen molar-refractivity contribution in [3.05, 3.63) is 0 Å². The van der Waals surface area contributed by atoms with Crippen LogP contribution in [0.1, 0.15) is 72.1 Å². The predicted octanol–water partition coefficient (Wildman–Crippen LogP) is 0.938. The minimum atomic E-state index is -1.47. The fourth-order valence-corrected chi connectivity index (χ4v) is 9.69. The molecule has 0 aromatic carbocycles. The largest absolute Gasteiger partial charge is 0.396 e. The van der Waals surface area contributed by atoms with Crippen molar-refractivity contribution in [1.82, 2.24) is 0 Å². The van der Waals surface area contributed by atoms with E-state index >= 15 is 0 Å². The number of aliphatic hydroxyl groups is 6. The normalized spacial score (nSPS) is 59.4. The van der Waals surface area contributed by atoms with Crippen molar-refractivity contribution in [2.24, 2.45) is 34.0 Å². The third-order valence-corrected chi connectivity index (χ3v) is 11.0. The molecule has 34 heavy (non-hydrogen) atoms. The summed E-state index contributed by atoms with van der Waals surface area (Å²) in [4.78, 5) is 0. The molecule has 1 spiro atoms. The first-order chi connectivity index (χ1) is 15.9. The summed E-state index contributed by atoms with van der Waals surface area (Å²) in [5, 5.41) is 62.2. The minimum Gasteiger partial charge on any atom is -0.396 e. The number of ether oxygens (including phenoxy) is 2. The lowest BCUT2D eigenvalue weighted by molar-refractivity contribution is -0.323. The van der Waals surface area contributed by atoms with E-state index in [4.69, 9.17) is 9.47 Å². The van der Waals surface area contributed by atoms with Crippen LogP contribution in [-0.2, 0) is 9.47 Å². The van der Waals surface area contributed by atoms with E-state index in [2.05, 4.69) is 13.8 Å². The zero-order valence-electron chi connectivity index (χ0n) is 20.8. The van der Waals surface area contributed by atoms with Crippen LogP contribution in [0.4, 0.5) is 0 Å². The van der Waals surface area contributed by atoms with E-state index < -0.39 is 42.9 Å². The van der Waals surface area contributed by atoms with Gasteiger partial charge in [-0.15, -0.1) is 0 Å². The quantitative estimate of drug-likeness (QED) is 0.324. The van der Waals surface area contributed by atoms with Crippen LogP contribution in [0.3, 0.4) is 0 Å². The van der Waals surface area contributed by atoms with Crippen LogP contribution < -0.4 is 0 Å². The van der Waals surface area contributed by atoms with Gasteiger partial charge in [-0.3, -0.25) is 0 Å². The van der Waals surface area contributed by atoms with Crippen molar-refractivity contribution < 1.29 is 40.1 Å². The fraction of sp³-hybridized carbons (Fsp3) is 1.00. The Bertz CT molecular complexity index is 774. The van der Waals surface area contributed by atoms with Crippen molar-refractivity contribution in [3.8, 4) is 0 Å². The van der Waals surface area contributed by atoms with Gasteiger partial charge in [0.2, 0.25) is 0 Å². The summed E-state index contributed by atoms with van der Waals surface area (Å²) in [6, 6.07) is 0. The van der Waals surface area contributed by atoms with Gasteiger partial charge in [0.25, 0.3) is 0 Å². The van der Waals surface area contributed by atoms with Gasteiger partial charge in [-0.05, 0) is 92.3 Å². The second-order valence-electron chi connectivity index (χ2n) is 13.2. The Morgan fingerprint density at radius 3 is 2.29 bits per heavy atom. The van der Waals surface area contributed by atoms with E-state index in [-0.39, 0.29) is 29.0 Å². The molecule has 8 nitrogen and oxygen atoms in total. The monoisotopic (exact) mass is 484 g/mol. The molecule has 2 bridgehead atoms. The first-order valence-corrected chi connectivity index (χ1v) is 13.2. The minimum absolute atomic E-state index is 0.0435. The van der Waals surface area contributed by atoms with E-state index in [1.807, 2.05) is 6.92 Å². The maximum atomic E-state index is 11.1. The highest BCUT2D eigenvalue weighted by Gasteiger charge is 2.67. The van der Waals surface area contributed by atoms with Gasteiger partial charge in [0.05, 0.1) is 18.3 Å². The maximum absolute atomic E-state index is 11.1. The molecule has 0 aromatic heterocycles. The summed E-state index contributed by atoms with van der Waals surface area (Å²) in [5.41, 5.74) is -0.943. The Morgan fingerprint density at radius 2 is 1.62 bits per heavy atom. The first-order valence-electron chi connectivity index (χ1n) is 13.2. The lowest BCUT2D eigenvalue weighted by Gasteiger charge is -2.65. The Hall–Kier alpha value is -0.320. The Balaban J connectivity index is 1.42. The molecule has 0 unspecified atom stereocenters. The molecular formula is C26H44O8. The van der Waals surface area contributed by atoms with Gasteiger partial charge in [0.1, 0.15) is 24.4 Å². The molecule has 8 heteroatoms. The molecule has 5 fully saturated rings. The molecule has 1 heterocycles. The molecule has 0 amide bonds. The molecule has 1 aliphatic heterocycles. The van der Waals surface area contributed by atoms with E-state index in [1.165, 1.54) is 0 Å². The number of fused-ring (bicyclic) bond motifs is 3. The molecule has 5 rings (SSSR count). The maximum Gasteiger partial charge on any atom is 0.186 e. The average Bonchev–Trinajstić information content (AvgIpc) is 2.96. The van der Waals surface area contributed by atoms with Crippen LogP contribution in [-0.4, -0.2) is 86.3 Å². The van der Waals surface area contributed by atoms with E-state index in [1.54, 1.807) is 0 Å². The zero-order valence-corrected chi connectivity index (χ0v) is 20.8. The molecular weight excluding hydrogens is 440 g/mol. The summed E-state index contributed by atoms with van der Waals surface area (Å²) in [6.45, 7) is 6.03. The summed E-state index contributed by atoms with van der Waals surface area (Å²) in [5.74, 6) is 1.12. The van der Waals surface area contributed by atoms with Crippen LogP contribution in [0, 0.1) is 34.0 Å². The SMILES string of the molecule is C[C@]1(CO)C[C@@H](O[C@@H]2O[C@H](CO)[C@@H](O)[C@@H](O)[C@H]2O)C[C@@]2(C)[C@H]1CC[C@]13C[C@@H](CC[C@@H]12)[C@@](C)(O)C3. The average molecular weight is 485 g/mol. The van der Waals surface area contributed by atoms with Gasteiger partial charge in [-0.2, -0.15) is 0 Å². The highest BCUT2D eigenvalue weighted by atomic mass is 16.7. The number of hydrogen-bond donors (Lipinski definition) is 6. The fourth-order valence-electron chi connectivity index (χ4n) is 9.69. The van der Waals surface area contributed by atoms with Crippen molar-refractivity contribution in [2.75, 3.05) is 13.2 Å². The van der Waals surface area contributed by atoms with Gasteiger partial charge in [0, 0.05) is 6.61 Å². The summed E-state index contributed by atoms with van der Waals surface area (Å²) in [6.07, 6.45) is 0.692. The molecule has 196 valence electrons. The molecule has 1 saturated heterocycles. The van der Waals surface area contributed by atoms with Crippen molar-refractivity contribution in [1.29, 1.82) is 0 Å². The van der Waals surface area contributed by atoms with E-state index in [0.29, 0.717) is 24.2 Å². The molecule has 4 saturated carbocycles. The van der Waals surface area contributed by atoms with Gasteiger partial charge >= 0.3 is 0 Å². The van der Waals surface area contributed by atoms with Crippen LogP contribution in [0.15, 0.2) is 0 Å². The predicted molar refractivity (Wildman–Crippen MR) is 122 cm³/mol. The number of hydrogen-bond acceptors (Lipinski definition) is 8. The van der Waals surface area contributed by atoms with E-state index in [0.717, 1.165) is 44.9 Å². The van der Waals surface area contributed by atoms with Gasteiger partial charge in [-0.1, -0.05) is 13.8 Å². The highest BCUT2D eigenvalue weighted by Crippen LogP contribution is 2.73. The summed E-state index contributed by atoms with van der Waals surface area (Å²) < 4.78 is 11.9. The van der Waals surface area contributed by atoms with Gasteiger partial charge < -0.3 is 40.1 Å².